The first kappa shape index (κ1) is 13.8. The van der Waals surface area contributed by atoms with Gasteiger partial charge in [0.05, 0.1) is 26.0 Å². The molecule has 0 bridgehead atoms. The summed E-state index contributed by atoms with van der Waals surface area (Å²) in [5, 5.41) is 0.901. The molecule has 1 unspecified atom stereocenters. The summed E-state index contributed by atoms with van der Waals surface area (Å²) in [6, 6.07) is 5.36. The smallest absolute Gasteiger partial charge is 0.127 e. The molecule has 0 fully saturated rings. The third-order valence-corrected chi connectivity index (χ3v) is 4.24. The van der Waals surface area contributed by atoms with Gasteiger partial charge >= 0.3 is 0 Å². The molecule has 0 aliphatic rings. The van der Waals surface area contributed by atoms with Crippen LogP contribution in [0.4, 0.5) is 0 Å². The van der Waals surface area contributed by atoms with E-state index in [-0.39, 0.29) is 6.04 Å². The van der Waals surface area contributed by atoms with Gasteiger partial charge in [-0.3, -0.25) is 0 Å². The first-order valence-electron chi connectivity index (χ1n) is 5.98. The van der Waals surface area contributed by atoms with Crippen LogP contribution >= 0.6 is 11.3 Å². The SMILES string of the molecule is COc1ccc(C(N)c2nc(C)c(C)s2)c(OC)c1. The third-order valence-electron chi connectivity index (χ3n) is 3.09. The van der Waals surface area contributed by atoms with Crippen LogP contribution < -0.4 is 15.2 Å². The molecule has 1 aromatic carbocycles. The molecule has 0 aliphatic carbocycles. The van der Waals surface area contributed by atoms with Crippen molar-refractivity contribution in [2.75, 3.05) is 14.2 Å². The van der Waals surface area contributed by atoms with E-state index in [1.54, 1.807) is 25.6 Å². The standard InChI is InChI=1S/C14H18N2O2S/c1-8-9(2)19-14(16-8)13(15)11-6-5-10(17-3)7-12(11)18-4/h5-7,13H,15H2,1-4H3. The van der Waals surface area contributed by atoms with Crippen LogP contribution in [0.5, 0.6) is 11.5 Å². The maximum Gasteiger partial charge on any atom is 0.127 e. The lowest BCUT2D eigenvalue weighted by Gasteiger charge is -2.14. The van der Waals surface area contributed by atoms with Gasteiger partial charge in [-0.05, 0) is 26.0 Å². The Labute approximate surface area is 117 Å². The molecule has 0 radical (unpaired) electrons. The number of nitrogens with zero attached hydrogens (tertiary/aromatic N) is 1. The molecule has 2 N–H and O–H groups in total. The van der Waals surface area contributed by atoms with Crippen LogP contribution in [0.2, 0.25) is 0 Å². The van der Waals surface area contributed by atoms with E-state index < -0.39 is 0 Å². The summed E-state index contributed by atoms with van der Waals surface area (Å²) in [6.45, 7) is 4.04. The zero-order chi connectivity index (χ0) is 14.0. The van der Waals surface area contributed by atoms with Crippen LogP contribution in [0.3, 0.4) is 0 Å². The van der Waals surface area contributed by atoms with Crippen LogP contribution in [0, 0.1) is 13.8 Å². The van der Waals surface area contributed by atoms with Crippen molar-refractivity contribution in [3.8, 4) is 11.5 Å². The molecule has 0 saturated heterocycles. The molecule has 1 atom stereocenters. The Balaban J connectivity index is 2.40. The summed E-state index contributed by atoms with van der Waals surface area (Å²) < 4.78 is 10.6. The molecule has 19 heavy (non-hydrogen) atoms. The highest BCUT2D eigenvalue weighted by Gasteiger charge is 2.18. The molecule has 0 spiro atoms. The number of thiazole rings is 1. The van der Waals surface area contributed by atoms with Crippen LogP contribution in [0.25, 0.3) is 0 Å². The number of aryl methyl sites for hydroxylation is 2. The summed E-state index contributed by atoms with van der Waals surface area (Å²) in [5.41, 5.74) is 8.24. The van der Waals surface area contributed by atoms with Crippen molar-refractivity contribution in [2.45, 2.75) is 19.9 Å². The number of benzene rings is 1. The molecule has 102 valence electrons. The number of ether oxygens (including phenoxy) is 2. The molecule has 0 saturated carbocycles. The Morgan fingerprint density at radius 1 is 1.21 bits per heavy atom. The van der Waals surface area contributed by atoms with E-state index in [4.69, 9.17) is 15.2 Å². The Bertz CT molecular complexity index is 561. The van der Waals surface area contributed by atoms with Gasteiger partial charge in [-0.15, -0.1) is 11.3 Å². The average molecular weight is 278 g/mol. The molecule has 4 nitrogen and oxygen atoms in total. The molecule has 1 heterocycles. The van der Waals surface area contributed by atoms with Crippen LogP contribution in [0.1, 0.15) is 27.2 Å². The zero-order valence-corrected chi connectivity index (χ0v) is 12.4. The Morgan fingerprint density at radius 3 is 2.47 bits per heavy atom. The van der Waals surface area contributed by atoms with Crippen molar-refractivity contribution in [1.29, 1.82) is 0 Å². The number of hydrogen-bond acceptors (Lipinski definition) is 5. The largest absolute Gasteiger partial charge is 0.497 e. The van der Waals surface area contributed by atoms with Crippen LogP contribution in [0.15, 0.2) is 18.2 Å². The number of methoxy groups -OCH3 is 2. The van der Waals surface area contributed by atoms with Gasteiger partial charge in [0.15, 0.2) is 0 Å². The number of hydrogen-bond donors (Lipinski definition) is 1. The highest BCUT2D eigenvalue weighted by Crippen LogP contribution is 2.33. The summed E-state index contributed by atoms with van der Waals surface area (Å²) in [6.07, 6.45) is 0. The predicted octanol–water partition coefficient (Wildman–Crippen LogP) is 2.83. The molecular weight excluding hydrogens is 260 g/mol. The lowest BCUT2D eigenvalue weighted by Crippen LogP contribution is -2.13. The van der Waals surface area contributed by atoms with Crippen molar-refractivity contribution in [3.63, 3.8) is 0 Å². The van der Waals surface area contributed by atoms with Gasteiger partial charge in [-0.2, -0.15) is 0 Å². The van der Waals surface area contributed by atoms with Gasteiger partial charge in [-0.1, -0.05) is 0 Å². The average Bonchev–Trinajstić information content (AvgIpc) is 2.77. The first-order chi connectivity index (χ1) is 9.06. The van der Waals surface area contributed by atoms with Gasteiger partial charge in [0, 0.05) is 16.5 Å². The quantitative estimate of drug-likeness (QED) is 0.934. The van der Waals surface area contributed by atoms with E-state index in [2.05, 4.69) is 11.9 Å². The van der Waals surface area contributed by atoms with Crippen LogP contribution in [-0.4, -0.2) is 19.2 Å². The summed E-state index contributed by atoms with van der Waals surface area (Å²) in [7, 11) is 3.26. The maximum absolute atomic E-state index is 6.29. The minimum absolute atomic E-state index is 0.279. The second-order valence-electron chi connectivity index (χ2n) is 4.28. The predicted molar refractivity (Wildman–Crippen MR) is 77.2 cm³/mol. The van der Waals surface area contributed by atoms with E-state index in [9.17, 15) is 0 Å². The van der Waals surface area contributed by atoms with Crippen molar-refractivity contribution >= 4 is 11.3 Å². The van der Waals surface area contributed by atoms with Gasteiger partial charge < -0.3 is 15.2 Å². The normalized spacial score (nSPS) is 12.3. The molecule has 0 amide bonds. The van der Waals surface area contributed by atoms with Crippen molar-refractivity contribution in [2.24, 2.45) is 5.73 Å². The maximum atomic E-state index is 6.29. The van der Waals surface area contributed by atoms with E-state index in [1.807, 2.05) is 25.1 Å². The zero-order valence-electron chi connectivity index (χ0n) is 11.6. The second-order valence-corrected chi connectivity index (χ2v) is 5.51. The molecule has 2 rings (SSSR count). The highest BCUT2D eigenvalue weighted by atomic mass is 32.1. The number of nitrogens with two attached hydrogens (primary N) is 1. The lowest BCUT2D eigenvalue weighted by atomic mass is 10.1. The van der Waals surface area contributed by atoms with Gasteiger partial charge in [0.2, 0.25) is 0 Å². The van der Waals surface area contributed by atoms with Crippen molar-refractivity contribution in [3.05, 3.63) is 39.3 Å². The van der Waals surface area contributed by atoms with Gasteiger partial charge in [0.1, 0.15) is 16.5 Å². The Morgan fingerprint density at radius 2 is 1.95 bits per heavy atom. The second kappa shape index (κ2) is 5.59. The summed E-state index contributed by atoms with van der Waals surface area (Å²) in [5.74, 6) is 1.47. The van der Waals surface area contributed by atoms with Gasteiger partial charge in [-0.25, -0.2) is 4.98 Å². The number of aromatic nitrogens is 1. The van der Waals surface area contributed by atoms with Crippen LogP contribution in [-0.2, 0) is 0 Å². The Kier molecular flexibility index (Phi) is 4.07. The summed E-state index contributed by atoms with van der Waals surface area (Å²) >= 11 is 1.62. The van der Waals surface area contributed by atoms with E-state index in [0.29, 0.717) is 0 Å². The molecule has 1 aromatic heterocycles. The van der Waals surface area contributed by atoms with Gasteiger partial charge in [0.25, 0.3) is 0 Å². The fourth-order valence-electron chi connectivity index (χ4n) is 1.84. The minimum atomic E-state index is -0.279. The minimum Gasteiger partial charge on any atom is -0.497 e. The third kappa shape index (κ3) is 2.72. The Hall–Kier alpha value is -1.59. The molecule has 5 heteroatoms. The first-order valence-corrected chi connectivity index (χ1v) is 6.80. The van der Waals surface area contributed by atoms with E-state index >= 15 is 0 Å². The lowest BCUT2D eigenvalue weighted by molar-refractivity contribution is 0.390. The van der Waals surface area contributed by atoms with Crippen molar-refractivity contribution < 1.29 is 9.47 Å². The van der Waals surface area contributed by atoms with E-state index in [0.717, 1.165) is 27.8 Å². The summed E-state index contributed by atoms with van der Waals surface area (Å²) in [4.78, 5) is 5.70. The topological polar surface area (TPSA) is 57.4 Å². The highest BCUT2D eigenvalue weighted by molar-refractivity contribution is 7.11. The fourth-order valence-corrected chi connectivity index (χ4v) is 2.78. The molecule has 2 aromatic rings. The van der Waals surface area contributed by atoms with Crippen molar-refractivity contribution in [1.82, 2.24) is 4.98 Å². The fraction of sp³-hybridized carbons (Fsp3) is 0.357. The number of rotatable bonds is 4. The molecule has 0 aliphatic heterocycles. The molecular formula is C14H18N2O2S. The monoisotopic (exact) mass is 278 g/mol. The van der Waals surface area contributed by atoms with E-state index in [1.165, 1.54) is 4.88 Å².